The molecule has 0 amide bonds. The Balaban J connectivity index is 2.02. The van der Waals surface area contributed by atoms with Crippen molar-refractivity contribution in [3.63, 3.8) is 0 Å². The summed E-state index contributed by atoms with van der Waals surface area (Å²) in [7, 11) is 0. The van der Waals surface area contributed by atoms with E-state index >= 15 is 0 Å². The van der Waals surface area contributed by atoms with Crippen molar-refractivity contribution in [2.24, 2.45) is 0 Å². The standard InChI is InChI=1S/C20H16O2/c21-19-17-13-7-8-14-18(17)20(22-19,15-9-3-1-4-10-15)16-11-5-2-6-12-16/h1,3-5,7-14H,2,6H2. The quantitative estimate of drug-likeness (QED) is 0.767. The molecule has 1 aliphatic carbocycles. The summed E-state index contributed by atoms with van der Waals surface area (Å²) in [6.07, 6.45) is 8.42. The van der Waals surface area contributed by atoms with Crippen LogP contribution >= 0.6 is 0 Å². The second-order valence-corrected chi connectivity index (χ2v) is 5.62. The first-order valence-corrected chi connectivity index (χ1v) is 7.58. The molecule has 2 aromatic rings. The van der Waals surface area contributed by atoms with Crippen molar-refractivity contribution >= 4 is 5.97 Å². The lowest BCUT2D eigenvalue weighted by molar-refractivity contribution is 0.0247. The average molecular weight is 288 g/mol. The van der Waals surface area contributed by atoms with Gasteiger partial charge in [0.05, 0.1) is 5.56 Å². The van der Waals surface area contributed by atoms with Crippen molar-refractivity contribution in [2.45, 2.75) is 18.4 Å². The van der Waals surface area contributed by atoms with Crippen LogP contribution in [0.25, 0.3) is 0 Å². The van der Waals surface area contributed by atoms with Gasteiger partial charge in [-0.1, -0.05) is 66.8 Å². The fourth-order valence-corrected chi connectivity index (χ4v) is 3.36. The van der Waals surface area contributed by atoms with Gasteiger partial charge in [-0.05, 0) is 18.9 Å². The number of carbonyl (C=O) groups excluding carboxylic acids is 1. The van der Waals surface area contributed by atoms with E-state index < -0.39 is 5.60 Å². The Bertz CT molecular complexity index is 786. The van der Waals surface area contributed by atoms with Crippen LogP contribution in [0.15, 0.2) is 78.4 Å². The van der Waals surface area contributed by atoms with Crippen LogP contribution in [0.1, 0.15) is 34.3 Å². The van der Waals surface area contributed by atoms with E-state index in [1.165, 1.54) is 0 Å². The molecular formula is C20H16O2. The lowest BCUT2D eigenvalue weighted by atomic mass is 9.78. The Labute approximate surface area is 129 Å². The fourth-order valence-electron chi connectivity index (χ4n) is 3.36. The second kappa shape index (κ2) is 4.99. The highest BCUT2D eigenvalue weighted by molar-refractivity contribution is 5.96. The molecule has 1 heterocycles. The van der Waals surface area contributed by atoms with Gasteiger partial charge in [-0.25, -0.2) is 4.79 Å². The van der Waals surface area contributed by atoms with Crippen LogP contribution in [0.3, 0.4) is 0 Å². The number of ether oxygens (including phenoxy) is 1. The highest BCUT2D eigenvalue weighted by Crippen LogP contribution is 2.48. The van der Waals surface area contributed by atoms with E-state index in [0.29, 0.717) is 5.56 Å². The van der Waals surface area contributed by atoms with Gasteiger partial charge in [-0.3, -0.25) is 0 Å². The molecule has 0 bridgehead atoms. The second-order valence-electron chi connectivity index (χ2n) is 5.62. The Morgan fingerprint density at radius 2 is 1.68 bits per heavy atom. The maximum atomic E-state index is 12.4. The average Bonchev–Trinajstić information content (AvgIpc) is 2.91. The van der Waals surface area contributed by atoms with Crippen LogP contribution in [0, 0.1) is 0 Å². The molecule has 108 valence electrons. The van der Waals surface area contributed by atoms with E-state index in [0.717, 1.165) is 29.5 Å². The largest absolute Gasteiger partial charge is 0.441 e. The fraction of sp³-hybridized carbons (Fsp3) is 0.150. The van der Waals surface area contributed by atoms with E-state index in [2.05, 4.69) is 18.2 Å². The molecule has 0 spiro atoms. The Kier molecular flexibility index (Phi) is 2.97. The maximum Gasteiger partial charge on any atom is 0.340 e. The molecule has 0 saturated heterocycles. The number of fused-ring (bicyclic) bond motifs is 1. The smallest absolute Gasteiger partial charge is 0.340 e. The molecular weight excluding hydrogens is 272 g/mol. The van der Waals surface area contributed by atoms with Crippen LogP contribution in [0.4, 0.5) is 0 Å². The lowest BCUT2D eigenvalue weighted by Gasteiger charge is -2.32. The summed E-state index contributed by atoms with van der Waals surface area (Å²) in [6.45, 7) is 0. The minimum absolute atomic E-state index is 0.251. The van der Waals surface area contributed by atoms with Gasteiger partial charge >= 0.3 is 5.97 Å². The van der Waals surface area contributed by atoms with Gasteiger partial charge < -0.3 is 4.74 Å². The molecule has 0 fully saturated rings. The van der Waals surface area contributed by atoms with Gasteiger partial charge in [0.1, 0.15) is 0 Å². The van der Waals surface area contributed by atoms with Crippen molar-refractivity contribution in [2.75, 3.05) is 0 Å². The first-order chi connectivity index (χ1) is 10.8. The summed E-state index contributed by atoms with van der Waals surface area (Å²) in [5.41, 5.74) is 2.82. The van der Waals surface area contributed by atoms with Gasteiger partial charge in [0.25, 0.3) is 0 Å². The van der Waals surface area contributed by atoms with Crippen LogP contribution in [0.2, 0.25) is 0 Å². The number of esters is 1. The molecule has 0 aromatic heterocycles. The Hall–Kier alpha value is -2.61. The van der Waals surface area contributed by atoms with Crippen molar-refractivity contribution in [1.29, 1.82) is 0 Å². The molecule has 0 radical (unpaired) electrons. The topological polar surface area (TPSA) is 26.3 Å². The zero-order chi connectivity index (χ0) is 15.0. The van der Waals surface area contributed by atoms with Gasteiger partial charge in [0.2, 0.25) is 0 Å². The highest BCUT2D eigenvalue weighted by Gasteiger charge is 2.48. The van der Waals surface area contributed by atoms with Gasteiger partial charge in [0.15, 0.2) is 5.60 Å². The monoisotopic (exact) mass is 288 g/mol. The summed E-state index contributed by atoms with van der Waals surface area (Å²) in [6, 6.07) is 17.7. The molecule has 4 rings (SSSR count). The molecule has 2 aromatic carbocycles. The Morgan fingerprint density at radius 1 is 0.909 bits per heavy atom. The van der Waals surface area contributed by atoms with E-state index in [1.54, 1.807) is 0 Å². The molecule has 2 heteroatoms. The minimum Gasteiger partial charge on any atom is -0.441 e. The van der Waals surface area contributed by atoms with E-state index in [9.17, 15) is 4.79 Å². The van der Waals surface area contributed by atoms with Crippen LogP contribution in [-0.2, 0) is 10.3 Å². The first kappa shape index (κ1) is 13.1. The molecule has 1 unspecified atom stereocenters. The third-order valence-corrected chi connectivity index (χ3v) is 4.35. The molecule has 0 N–H and O–H groups in total. The normalized spacial score (nSPS) is 22.9. The highest BCUT2D eigenvalue weighted by atomic mass is 16.6. The lowest BCUT2D eigenvalue weighted by Crippen LogP contribution is -2.30. The van der Waals surface area contributed by atoms with Crippen LogP contribution < -0.4 is 0 Å². The summed E-state index contributed by atoms with van der Waals surface area (Å²) in [5, 5.41) is 0. The van der Waals surface area contributed by atoms with Crippen molar-refractivity contribution < 1.29 is 9.53 Å². The van der Waals surface area contributed by atoms with Gasteiger partial charge in [-0.15, -0.1) is 0 Å². The number of allylic oxidation sites excluding steroid dienone is 2. The number of benzene rings is 2. The zero-order valence-electron chi connectivity index (χ0n) is 12.2. The van der Waals surface area contributed by atoms with Gasteiger partial charge in [-0.2, -0.15) is 0 Å². The third-order valence-electron chi connectivity index (χ3n) is 4.35. The summed E-state index contributed by atoms with van der Waals surface area (Å²) >= 11 is 0. The number of hydrogen-bond acceptors (Lipinski definition) is 2. The van der Waals surface area contributed by atoms with Crippen molar-refractivity contribution in [3.8, 4) is 0 Å². The predicted octanol–water partition coefficient (Wildman–Crippen LogP) is 4.38. The summed E-state index contributed by atoms with van der Waals surface area (Å²) in [5.74, 6) is -0.251. The van der Waals surface area contributed by atoms with E-state index in [-0.39, 0.29) is 5.97 Å². The first-order valence-electron chi connectivity index (χ1n) is 7.58. The number of carbonyl (C=O) groups is 1. The number of rotatable bonds is 2. The SMILES string of the molecule is O=C1OC(C2=CCCC=C2)(c2ccccc2)c2ccccc21. The molecule has 2 nitrogen and oxygen atoms in total. The number of hydrogen-bond donors (Lipinski definition) is 0. The Morgan fingerprint density at radius 3 is 2.45 bits per heavy atom. The molecule has 0 saturated carbocycles. The predicted molar refractivity (Wildman–Crippen MR) is 85.5 cm³/mol. The van der Waals surface area contributed by atoms with Gasteiger partial charge in [0, 0.05) is 16.7 Å². The van der Waals surface area contributed by atoms with Crippen molar-refractivity contribution in [1.82, 2.24) is 0 Å². The van der Waals surface area contributed by atoms with Crippen LogP contribution in [-0.4, -0.2) is 5.97 Å². The molecule has 22 heavy (non-hydrogen) atoms. The minimum atomic E-state index is -0.814. The van der Waals surface area contributed by atoms with Crippen LogP contribution in [0.5, 0.6) is 0 Å². The van der Waals surface area contributed by atoms with E-state index in [1.807, 2.05) is 54.6 Å². The maximum absolute atomic E-state index is 12.4. The number of cyclic esters (lactones) is 1. The summed E-state index contributed by atoms with van der Waals surface area (Å²) < 4.78 is 5.99. The zero-order valence-corrected chi connectivity index (χ0v) is 12.2. The summed E-state index contributed by atoms with van der Waals surface area (Å²) in [4.78, 5) is 12.4. The molecule has 1 aliphatic heterocycles. The van der Waals surface area contributed by atoms with Crippen molar-refractivity contribution in [3.05, 3.63) is 95.1 Å². The third kappa shape index (κ3) is 1.77. The van der Waals surface area contributed by atoms with E-state index in [4.69, 9.17) is 4.74 Å². The molecule has 2 aliphatic rings. The molecule has 1 atom stereocenters.